The van der Waals surface area contributed by atoms with Gasteiger partial charge in [0.2, 0.25) is 0 Å². The number of ether oxygens (including phenoxy) is 1. The van der Waals surface area contributed by atoms with Crippen LogP contribution in [0, 0.1) is 0 Å². The van der Waals surface area contributed by atoms with Crippen molar-refractivity contribution in [1.29, 1.82) is 0 Å². The molecule has 0 saturated carbocycles. The molecule has 0 aromatic heterocycles. The summed E-state index contributed by atoms with van der Waals surface area (Å²) in [7, 11) is 0. The van der Waals surface area contributed by atoms with Crippen molar-refractivity contribution in [3.63, 3.8) is 0 Å². The smallest absolute Gasteiger partial charge is 0.307 e. The molecule has 1 aliphatic rings. The van der Waals surface area contributed by atoms with E-state index in [4.69, 9.17) is 9.84 Å². The molecule has 0 bridgehead atoms. The third kappa shape index (κ3) is 6.38. The molecule has 0 aliphatic carbocycles. The van der Waals surface area contributed by atoms with Gasteiger partial charge in [-0.25, -0.2) is 4.99 Å². The maximum atomic E-state index is 12.8. The third-order valence-electron chi connectivity index (χ3n) is 5.81. The zero-order chi connectivity index (χ0) is 26.3. The Morgan fingerprint density at radius 2 is 1.58 bits per heavy atom. The molecule has 1 aliphatic heterocycles. The van der Waals surface area contributed by atoms with Gasteiger partial charge in [-0.2, -0.15) is 0 Å². The second-order valence-electron chi connectivity index (χ2n) is 8.61. The summed E-state index contributed by atoms with van der Waals surface area (Å²) in [6, 6.07) is 32.8. The molecule has 6 nitrogen and oxygen atoms in total. The summed E-state index contributed by atoms with van der Waals surface area (Å²) in [6.45, 7) is 0.408. The molecule has 4 aromatic carbocycles. The molecule has 1 saturated heterocycles. The first kappa shape index (κ1) is 25.0. The Bertz CT molecular complexity index is 1520. The molecule has 2 N–H and O–H groups in total. The summed E-state index contributed by atoms with van der Waals surface area (Å²) in [5.74, 6) is -0.454. The molecule has 188 valence electrons. The van der Waals surface area contributed by atoms with Crippen molar-refractivity contribution in [3.8, 4) is 16.9 Å². The maximum Gasteiger partial charge on any atom is 0.307 e. The highest BCUT2D eigenvalue weighted by Gasteiger charge is 2.24. The molecule has 4 aromatic rings. The fraction of sp³-hybridized carbons (Fsp3) is 0.0645. The van der Waals surface area contributed by atoms with E-state index in [1.807, 2.05) is 84.9 Å². The van der Waals surface area contributed by atoms with Crippen LogP contribution in [0.2, 0.25) is 0 Å². The number of aliphatic carboxylic acids is 1. The highest BCUT2D eigenvalue weighted by molar-refractivity contribution is 8.18. The number of carbonyl (C=O) groups is 2. The zero-order valence-corrected chi connectivity index (χ0v) is 21.2. The van der Waals surface area contributed by atoms with Crippen LogP contribution in [0.5, 0.6) is 5.75 Å². The number of carbonyl (C=O) groups excluding carboxylic acids is 1. The Kier molecular flexibility index (Phi) is 7.66. The minimum absolute atomic E-state index is 0.0497. The van der Waals surface area contributed by atoms with Gasteiger partial charge in [0.25, 0.3) is 5.91 Å². The van der Waals surface area contributed by atoms with E-state index in [1.165, 1.54) is 11.8 Å². The monoisotopic (exact) mass is 520 g/mol. The van der Waals surface area contributed by atoms with Crippen LogP contribution in [0.15, 0.2) is 113 Å². The summed E-state index contributed by atoms with van der Waals surface area (Å²) in [5, 5.41) is 12.2. The molecule has 1 amide bonds. The van der Waals surface area contributed by atoms with Gasteiger partial charge in [0.15, 0.2) is 5.17 Å². The molecule has 7 heteroatoms. The van der Waals surface area contributed by atoms with E-state index >= 15 is 0 Å². The number of carboxylic acids is 1. The van der Waals surface area contributed by atoms with E-state index in [-0.39, 0.29) is 12.3 Å². The van der Waals surface area contributed by atoms with Gasteiger partial charge in [0.1, 0.15) is 12.4 Å². The van der Waals surface area contributed by atoms with E-state index in [0.717, 1.165) is 22.3 Å². The Balaban J connectivity index is 1.41. The van der Waals surface area contributed by atoms with Crippen molar-refractivity contribution in [2.45, 2.75) is 13.0 Å². The lowest BCUT2D eigenvalue weighted by atomic mass is 10.0. The van der Waals surface area contributed by atoms with Crippen molar-refractivity contribution < 1.29 is 19.4 Å². The Hall–Kier alpha value is -4.62. The molecule has 0 unspecified atom stereocenters. The summed E-state index contributed by atoms with van der Waals surface area (Å²) in [4.78, 5) is 28.7. The average Bonchev–Trinajstić information content (AvgIpc) is 3.28. The van der Waals surface area contributed by atoms with Gasteiger partial charge in [-0.3, -0.25) is 9.59 Å². The summed E-state index contributed by atoms with van der Waals surface area (Å²) in [5.41, 5.74) is 5.24. The molecule has 1 heterocycles. The van der Waals surface area contributed by atoms with E-state index in [0.29, 0.717) is 33.7 Å². The summed E-state index contributed by atoms with van der Waals surface area (Å²) in [6.07, 6.45) is 1.77. The number of rotatable bonds is 8. The normalized spacial score (nSPS) is 15.0. The number of aliphatic imine (C=N–C) groups is 1. The van der Waals surface area contributed by atoms with Gasteiger partial charge in [0, 0.05) is 5.56 Å². The fourth-order valence-electron chi connectivity index (χ4n) is 3.94. The van der Waals surface area contributed by atoms with Gasteiger partial charge in [-0.1, -0.05) is 78.9 Å². The van der Waals surface area contributed by atoms with Crippen LogP contribution in [0.1, 0.15) is 16.7 Å². The second kappa shape index (κ2) is 11.6. The standard InChI is InChI=1S/C31H24N2O4S/c34-29(35)17-21-11-14-26(15-12-21)32-31-33-30(36)28(38-31)19-25-18-24(23-9-5-2-6-10-23)13-16-27(25)37-20-22-7-3-1-4-8-22/h1-16,18-19H,17,20H2,(H,34,35)(H,32,33,36). The van der Waals surface area contributed by atoms with Crippen LogP contribution in [0.25, 0.3) is 17.2 Å². The van der Waals surface area contributed by atoms with Crippen molar-refractivity contribution in [1.82, 2.24) is 5.32 Å². The lowest BCUT2D eigenvalue weighted by Crippen LogP contribution is -2.19. The molecule has 0 atom stereocenters. The van der Waals surface area contributed by atoms with Gasteiger partial charge in [-0.15, -0.1) is 0 Å². The number of thioether (sulfide) groups is 1. The van der Waals surface area contributed by atoms with Crippen molar-refractivity contribution in [2.24, 2.45) is 4.99 Å². The number of hydrogen-bond acceptors (Lipinski definition) is 5. The molecular formula is C31H24N2O4S. The highest BCUT2D eigenvalue weighted by atomic mass is 32.2. The van der Waals surface area contributed by atoms with Crippen molar-refractivity contribution >= 4 is 40.6 Å². The number of amidine groups is 1. The van der Waals surface area contributed by atoms with Crippen LogP contribution in [-0.2, 0) is 22.6 Å². The molecule has 0 radical (unpaired) electrons. The summed E-state index contributed by atoms with van der Waals surface area (Å²) >= 11 is 1.25. The van der Waals surface area contributed by atoms with Gasteiger partial charge >= 0.3 is 5.97 Å². The lowest BCUT2D eigenvalue weighted by Gasteiger charge is -2.12. The minimum Gasteiger partial charge on any atom is -0.488 e. The van der Waals surface area contributed by atoms with Crippen LogP contribution in [0.4, 0.5) is 5.69 Å². The molecular weight excluding hydrogens is 496 g/mol. The van der Waals surface area contributed by atoms with E-state index < -0.39 is 5.97 Å². The first-order valence-electron chi connectivity index (χ1n) is 12.0. The van der Waals surface area contributed by atoms with Gasteiger partial charge in [0.05, 0.1) is 17.0 Å². The molecule has 38 heavy (non-hydrogen) atoms. The SMILES string of the molecule is O=C(O)Cc1ccc(N=C2NC(=O)C(=Cc3cc(-c4ccccc4)ccc3OCc3ccccc3)S2)cc1. The van der Waals surface area contributed by atoms with Crippen LogP contribution in [-0.4, -0.2) is 22.2 Å². The number of hydrogen-bond donors (Lipinski definition) is 2. The number of carboxylic acid groups (broad SMARTS) is 1. The van der Waals surface area contributed by atoms with Crippen LogP contribution < -0.4 is 10.1 Å². The lowest BCUT2D eigenvalue weighted by molar-refractivity contribution is -0.136. The van der Waals surface area contributed by atoms with Crippen LogP contribution in [0.3, 0.4) is 0 Å². The number of amides is 1. The maximum absolute atomic E-state index is 12.8. The van der Waals surface area contributed by atoms with E-state index in [9.17, 15) is 9.59 Å². The number of nitrogens with one attached hydrogen (secondary N) is 1. The third-order valence-corrected chi connectivity index (χ3v) is 6.72. The summed E-state index contributed by atoms with van der Waals surface area (Å²) < 4.78 is 6.16. The zero-order valence-electron chi connectivity index (χ0n) is 20.3. The highest BCUT2D eigenvalue weighted by Crippen LogP contribution is 2.33. The largest absolute Gasteiger partial charge is 0.488 e. The first-order chi connectivity index (χ1) is 18.5. The van der Waals surface area contributed by atoms with E-state index in [1.54, 1.807) is 24.3 Å². The minimum atomic E-state index is -0.888. The Morgan fingerprint density at radius 1 is 0.868 bits per heavy atom. The Labute approximate surface area is 224 Å². The quantitative estimate of drug-likeness (QED) is 0.261. The second-order valence-corrected chi connectivity index (χ2v) is 9.64. The predicted molar refractivity (Wildman–Crippen MR) is 151 cm³/mol. The molecule has 5 rings (SSSR count). The average molecular weight is 521 g/mol. The Morgan fingerprint density at radius 3 is 2.29 bits per heavy atom. The molecule has 0 spiro atoms. The van der Waals surface area contributed by atoms with Crippen molar-refractivity contribution in [2.75, 3.05) is 0 Å². The van der Waals surface area contributed by atoms with Crippen LogP contribution >= 0.6 is 11.8 Å². The molecule has 1 fully saturated rings. The van der Waals surface area contributed by atoms with E-state index in [2.05, 4.69) is 10.3 Å². The van der Waals surface area contributed by atoms with Crippen molar-refractivity contribution in [3.05, 3.63) is 125 Å². The fourth-order valence-corrected chi connectivity index (χ4v) is 4.77. The van der Waals surface area contributed by atoms with Gasteiger partial charge in [-0.05, 0) is 64.4 Å². The number of benzene rings is 4. The predicted octanol–water partition coefficient (Wildman–Crippen LogP) is 6.45. The van der Waals surface area contributed by atoms with Gasteiger partial charge < -0.3 is 15.2 Å². The first-order valence-corrected chi connectivity index (χ1v) is 12.8. The topological polar surface area (TPSA) is 88.0 Å². The number of nitrogens with zero attached hydrogens (tertiary/aromatic N) is 1.